The number of ether oxygens (including phenoxy) is 4. The molecule has 0 aromatic rings. The van der Waals surface area contributed by atoms with Gasteiger partial charge >= 0.3 is 11.9 Å². The molecule has 0 amide bonds. The number of rotatable bonds is 5. The minimum absolute atomic E-state index is 0.00387. The van der Waals surface area contributed by atoms with Gasteiger partial charge < -0.3 is 18.9 Å². The number of epoxide rings is 2. The lowest BCUT2D eigenvalue weighted by molar-refractivity contribution is -0.160. The molecule has 6 heteroatoms. The Morgan fingerprint density at radius 1 is 1.09 bits per heavy atom. The first-order valence-electron chi connectivity index (χ1n) is 8.31. The normalized spacial score (nSPS) is 49.5. The molecule has 120 valence electrons. The number of esters is 2. The Balaban J connectivity index is 1.12. The van der Waals surface area contributed by atoms with Crippen LogP contribution >= 0.6 is 0 Å². The smallest absolute Gasteiger partial charge is 0.317 e. The van der Waals surface area contributed by atoms with E-state index in [1.165, 1.54) is 0 Å². The standard InChI is InChI=1S/C16H20O6/c17-13(20-6-8-5-19-8)4-14(18)21-11-2-7-1-9(11)10-3-12-16(22-12)15(7)10/h7-12,15-16H,1-6H2. The second-order valence-electron chi connectivity index (χ2n) is 7.35. The number of fused-ring (bicyclic) bond motifs is 7. The summed E-state index contributed by atoms with van der Waals surface area (Å²) in [5.74, 6) is 1.52. The predicted octanol–water partition coefficient (Wildman–Crippen LogP) is 0.674. The van der Waals surface area contributed by atoms with Crippen LogP contribution in [0.3, 0.4) is 0 Å². The van der Waals surface area contributed by atoms with Crippen molar-refractivity contribution >= 4 is 11.9 Å². The average molecular weight is 308 g/mol. The first-order chi connectivity index (χ1) is 10.7. The number of hydrogen-bond acceptors (Lipinski definition) is 6. The Morgan fingerprint density at radius 3 is 2.77 bits per heavy atom. The van der Waals surface area contributed by atoms with Gasteiger partial charge in [-0.25, -0.2) is 0 Å². The molecular formula is C16H20O6. The van der Waals surface area contributed by atoms with E-state index in [4.69, 9.17) is 18.9 Å². The molecule has 5 aliphatic rings. The molecule has 5 fully saturated rings. The van der Waals surface area contributed by atoms with Gasteiger partial charge in [-0.05, 0) is 42.9 Å². The van der Waals surface area contributed by atoms with Crippen LogP contribution in [-0.2, 0) is 28.5 Å². The van der Waals surface area contributed by atoms with Crippen molar-refractivity contribution in [3.8, 4) is 0 Å². The van der Waals surface area contributed by atoms with E-state index in [-0.39, 0.29) is 25.2 Å². The second kappa shape index (κ2) is 4.68. The lowest BCUT2D eigenvalue weighted by Crippen LogP contribution is -2.34. The molecule has 0 aromatic carbocycles. The average Bonchev–Trinajstić information content (AvgIpc) is 3.34. The van der Waals surface area contributed by atoms with Crippen LogP contribution in [0.1, 0.15) is 25.7 Å². The maximum absolute atomic E-state index is 11.9. The predicted molar refractivity (Wildman–Crippen MR) is 71.7 cm³/mol. The first kappa shape index (κ1) is 13.3. The number of carbonyl (C=O) groups excluding carboxylic acids is 2. The van der Waals surface area contributed by atoms with Gasteiger partial charge in [0, 0.05) is 0 Å². The van der Waals surface area contributed by atoms with E-state index >= 15 is 0 Å². The molecule has 8 atom stereocenters. The van der Waals surface area contributed by atoms with Gasteiger partial charge in [-0.2, -0.15) is 0 Å². The van der Waals surface area contributed by atoms with Gasteiger partial charge in [-0.15, -0.1) is 0 Å². The van der Waals surface area contributed by atoms with Crippen molar-refractivity contribution in [1.82, 2.24) is 0 Å². The van der Waals surface area contributed by atoms with Crippen LogP contribution in [0.5, 0.6) is 0 Å². The van der Waals surface area contributed by atoms with Gasteiger partial charge in [-0.3, -0.25) is 9.59 Å². The maximum Gasteiger partial charge on any atom is 0.317 e. The molecule has 5 rings (SSSR count). The van der Waals surface area contributed by atoms with Crippen LogP contribution in [0.15, 0.2) is 0 Å². The summed E-state index contributed by atoms with van der Waals surface area (Å²) in [5.41, 5.74) is 0. The molecule has 2 saturated heterocycles. The maximum atomic E-state index is 11.9. The number of hydrogen-bond donors (Lipinski definition) is 0. The molecule has 0 spiro atoms. The zero-order chi connectivity index (χ0) is 14.8. The van der Waals surface area contributed by atoms with Gasteiger partial charge in [-0.1, -0.05) is 0 Å². The van der Waals surface area contributed by atoms with Crippen LogP contribution < -0.4 is 0 Å². The molecule has 3 aliphatic carbocycles. The van der Waals surface area contributed by atoms with Crippen LogP contribution in [0.4, 0.5) is 0 Å². The van der Waals surface area contributed by atoms with Gasteiger partial charge in [0.05, 0.1) is 18.8 Å². The highest BCUT2D eigenvalue weighted by molar-refractivity contribution is 5.91. The molecule has 2 bridgehead atoms. The van der Waals surface area contributed by atoms with E-state index in [2.05, 4.69) is 0 Å². The fourth-order valence-electron chi connectivity index (χ4n) is 5.13. The van der Waals surface area contributed by atoms with Crippen molar-refractivity contribution in [2.24, 2.45) is 23.7 Å². The van der Waals surface area contributed by atoms with E-state index in [1.807, 2.05) is 0 Å². The van der Waals surface area contributed by atoms with Gasteiger partial charge in [0.15, 0.2) is 0 Å². The van der Waals surface area contributed by atoms with E-state index in [0.29, 0.717) is 42.5 Å². The van der Waals surface area contributed by atoms with Crippen LogP contribution in [0, 0.1) is 23.7 Å². The third-order valence-electron chi connectivity index (χ3n) is 6.09. The molecule has 3 saturated carbocycles. The minimum atomic E-state index is -0.517. The quantitative estimate of drug-likeness (QED) is 0.422. The molecule has 6 nitrogen and oxygen atoms in total. The highest BCUT2D eigenvalue weighted by atomic mass is 16.6. The Hall–Kier alpha value is -1.14. The molecule has 0 N–H and O–H groups in total. The van der Waals surface area contributed by atoms with Crippen LogP contribution in [-0.4, -0.2) is 49.6 Å². The van der Waals surface area contributed by atoms with Crippen molar-refractivity contribution in [3.63, 3.8) is 0 Å². The highest BCUT2D eigenvalue weighted by Gasteiger charge is 2.67. The first-order valence-corrected chi connectivity index (χ1v) is 8.31. The summed E-state index contributed by atoms with van der Waals surface area (Å²) in [6, 6.07) is 0. The van der Waals surface area contributed by atoms with E-state index in [1.54, 1.807) is 0 Å². The topological polar surface area (TPSA) is 77.7 Å². The fourth-order valence-corrected chi connectivity index (χ4v) is 5.13. The van der Waals surface area contributed by atoms with E-state index in [0.717, 1.165) is 19.3 Å². The SMILES string of the molecule is O=C(CC(=O)OC1CC2CC1C1CC3OC3C21)OCC1CO1. The Bertz CT molecular complexity index is 515. The van der Waals surface area contributed by atoms with Crippen LogP contribution in [0.2, 0.25) is 0 Å². The lowest BCUT2D eigenvalue weighted by atomic mass is 9.79. The molecule has 2 heterocycles. The van der Waals surface area contributed by atoms with E-state index in [9.17, 15) is 9.59 Å². The third-order valence-corrected chi connectivity index (χ3v) is 6.09. The van der Waals surface area contributed by atoms with Crippen molar-refractivity contribution in [2.45, 2.75) is 50.1 Å². The Morgan fingerprint density at radius 2 is 1.95 bits per heavy atom. The summed E-state index contributed by atoms with van der Waals surface area (Å²) in [5, 5.41) is 0. The summed E-state index contributed by atoms with van der Waals surface area (Å²) < 4.78 is 21.2. The highest BCUT2D eigenvalue weighted by Crippen LogP contribution is 2.64. The number of carbonyl (C=O) groups is 2. The lowest BCUT2D eigenvalue weighted by Gasteiger charge is -2.32. The van der Waals surface area contributed by atoms with Gasteiger partial charge in [0.25, 0.3) is 0 Å². The summed E-state index contributed by atoms with van der Waals surface area (Å²) in [4.78, 5) is 23.5. The molecule has 0 aromatic heterocycles. The fraction of sp³-hybridized carbons (Fsp3) is 0.875. The second-order valence-corrected chi connectivity index (χ2v) is 7.35. The third kappa shape index (κ3) is 2.15. The van der Waals surface area contributed by atoms with Crippen molar-refractivity contribution < 1.29 is 28.5 Å². The monoisotopic (exact) mass is 308 g/mol. The molecule has 22 heavy (non-hydrogen) atoms. The minimum Gasteiger partial charge on any atom is -0.462 e. The largest absolute Gasteiger partial charge is 0.462 e. The summed E-state index contributed by atoms with van der Waals surface area (Å²) in [6.45, 7) is 0.879. The molecule has 0 radical (unpaired) electrons. The van der Waals surface area contributed by atoms with Gasteiger partial charge in [0.1, 0.15) is 25.2 Å². The summed E-state index contributed by atoms with van der Waals surface area (Å²) in [7, 11) is 0. The Kier molecular flexibility index (Phi) is 2.83. The zero-order valence-electron chi connectivity index (χ0n) is 12.3. The zero-order valence-corrected chi connectivity index (χ0v) is 12.3. The molecule has 2 aliphatic heterocycles. The van der Waals surface area contributed by atoms with Crippen molar-refractivity contribution in [1.29, 1.82) is 0 Å². The van der Waals surface area contributed by atoms with Crippen molar-refractivity contribution in [2.75, 3.05) is 13.2 Å². The molecule has 8 unspecified atom stereocenters. The van der Waals surface area contributed by atoms with Crippen molar-refractivity contribution in [3.05, 3.63) is 0 Å². The van der Waals surface area contributed by atoms with Crippen LogP contribution in [0.25, 0.3) is 0 Å². The summed E-state index contributed by atoms with van der Waals surface area (Å²) >= 11 is 0. The summed E-state index contributed by atoms with van der Waals surface area (Å²) in [6.07, 6.45) is 3.94. The van der Waals surface area contributed by atoms with Gasteiger partial charge in [0.2, 0.25) is 0 Å². The Labute approximate surface area is 128 Å². The van der Waals surface area contributed by atoms with E-state index < -0.39 is 11.9 Å². The molecular weight excluding hydrogens is 288 g/mol.